The van der Waals surface area contributed by atoms with Crippen molar-refractivity contribution in [3.63, 3.8) is 0 Å². The van der Waals surface area contributed by atoms with Crippen LogP contribution in [0.3, 0.4) is 0 Å². The largest absolute Gasteiger partial charge is 0.323 e. The van der Waals surface area contributed by atoms with E-state index >= 15 is 0 Å². The third-order valence-electron chi connectivity index (χ3n) is 1.84. The smallest absolute Gasteiger partial charge is 0.0669 e. The van der Waals surface area contributed by atoms with E-state index in [1.807, 2.05) is 0 Å². The van der Waals surface area contributed by atoms with E-state index in [1.54, 1.807) is 6.20 Å². The van der Waals surface area contributed by atoms with E-state index in [2.05, 4.69) is 9.59 Å². The lowest BCUT2D eigenvalue weighted by molar-refractivity contribution is 0.643. The Bertz CT molecular complexity index is 205. The highest BCUT2D eigenvalue weighted by Crippen LogP contribution is 2.39. The molecule has 1 saturated carbocycles. The van der Waals surface area contributed by atoms with Crippen molar-refractivity contribution in [1.29, 1.82) is 0 Å². The number of rotatable bonds is 2. The zero-order valence-corrected chi connectivity index (χ0v) is 6.34. The molecule has 1 atom stereocenters. The molecule has 4 heteroatoms. The van der Waals surface area contributed by atoms with Crippen LogP contribution in [0.4, 0.5) is 0 Å². The van der Waals surface area contributed by atoms with Gasteiger partial charge in [0.15, 0.2) is 0 Å². The zero-order valence-electron chi connectivity index (χ0n) is 5.53. The van der Waals surface area contributed by atoms with Gasteiger partial charge in [-0.1, -0.05) is 4.49 Å². The molecule has 1 aromatic rings. The highest BCUT2D eigenvalue weighted by atomic mass is 32.1. The fourth-order valence-electron chi connectivity index (χ4n) is 1.01. The summed E-state index contributed by atoms with van der Waals surface area (Å²) in [6.07, 6.45) is 4.33. The van der Waals surface area contributed by atoms with Crippen molar-refractivity contribution in [3.8, 4) is 0 Å². The maximum Gasteiger partial charge on any atom is 0.0669 e. The van der Waals surface area contributed by atoms with Gasteiger partial charge in [0, 0.05) is 6.04 Å². The van der Waals surface area contributed by atoms with Crippen molar-refractivity contribution in [3.05, 3.63) is 11.1 Å². The van der Waals surface area contributed by atoms with Gasteiger partial charge < -0.3 is 5.73 Å². The van der Waals surface area contributed by atoms with Crippen LogP contribution in [0.2, 0.25) is 0 Å². The third-order valence-corrected chi connectivity index (χ3v) is 2.60. The van der Waals surface area contributed by atoms with E-state index in [0.29, 0.717) is 5.92 Å². The van der Waals surface area contributed by atoms with Gasteiger partial charge in [0.25, 0.3) is 0 Å². The zero-order chi connectivity index (χ0) is 6.97. The maximum atomic E-state index is 5.88. The molecule has 0 aliphatic heterocycles. The van der Waals surface area contributed by atoms with E-state index in [1.165, 1.54) is 24.4 Å². The maximum absolute atomic E-state index is 5.88. The van der Waals surface area contributed by atoms with Crippen molar-refractivity contribution in [2.75, 3.05) is 0 Å². The molecule has 2 rings (SSSR count). The Balaban J connectivity index is 2.11. The van der Waals surface area contributed by atoms with Gasteiger partial charge in [-0.3, -0.25) is 0 Å². The second-order valence-electron chi connectivity index (χ2n) is 2.68. The summed E-state index contributed by atoms with van der Waals surface area (Å²) in [5.41, 5.74) is 5.88. The predicted octanol–water partition coefficient (Wildman–Crippen LogP) is 0.948. The standard InChI is InChI=1S/C6H9N3S/c7-6(4-1-2-4)5-3-8-9-10-5/h3-4,6H,1-2,7H2. The topological polar surface area (TPSA) is 51.8 Å². The second kappa shape index (κ2) is 2.29. The molecule has 1 unspecified atom stereocenters. The lowest BCUT2D eigenvalue weighted by Gasteiger charge is -2.03. The van der Waals surface area contributed by atoms with Gasteiger partial charge >= 0.3 is 0 Å². The molecule has 1 aliphatic carbocycles. The van der Waals surface area contributed by atoms with Crippen molar-refractivity contribution < 1.29 is 0 Å². The number of nitrogens with zero attached hydrogens (tertiary/aromatic N) is 2. The van der Waals surface area contributed by atoms with Crippen molar-refractivity contribution >= 4 is 11.5 Å². The van der Waals surface area contributed by atoms with Crippen LogP contribution in [-0.2, 0) is 0 Å². The molecule has 10 heavy (non-hydrogen) atoms. The Morgan fingerprint density at radius 2 is 2.50 bits per heavy atom. The van der Waals surface area contributed by atoms with Crippen LogP contribution >= 0.6 is 11.5 Å². The molecule has 0 saturated heterocycles. The number of hydrogen-bond donors (Lipinski definition) is 1. The van der Waals surface area contributed by atoms with Gasteiger partial charge in [0.05, 0.1) is 11.1 Å². The summed E-state index contributed by atoms with van der Waals surface area (Å²) >= 11 is 1.41. The van der Waals surface area contributed by atoms with Crippen LogP contribution in [0.15, 0.2) is 6.20 Å². The van der Waals surface area contributed by atoms with Crippen molar-refractivity contribution in [1.82, 2.24) is 9.59 Å². The summed E-state index contributed by atoms with van der Waals surface area (Å²) in [5.74, 6) is 0.710. The minimum absolute atomic E-state index is 0.208. The first-order chi connectivity index (χ1) is 4.88. The Morgan fingerprint density at radius 3 is 3.00 bits per heavy atom. The minimum atomic E-state index is 0.208. The van der Waals surface area contributed by atoms with Gasteiger partial charge in [-0.05, 0) is 30.3 Å². The lowest BCUT2D eigenvalue weighted by Crippen LogP contribution is -2.10. The van der Waals surface area contributed by atoms with Gasteiger partial charge in [-0.25, -0.2) is 0 Å². The van der Waals surface area contributed by atoms with E-state index in [4.69, 9.17) is 5.73 Å². The van der Waals surface area contributed by atoms with Crippen LogP contribution < -0.4 is 5.73 Å². The molecule has 0 radical (unpaired) electrons. The predicted molar refractivity (Wildman–Crippen MR) is 39.6 cm³/mol. The molecule has 1 heterocycles. The second-order valence-corrected chi connectivity index (χ2v) is 3.50. The Labute approximate surface area is 63.4 Å². The van der Waals surface area contributed by atoms with Crippen LogP contribution in [-0.4, -0.2) is 9.59 Å². The highest BCUT2D eigenvalue weighted by Gasteiger charge is 2.30. The van der Waals surface area contributed by atoms with E-state index in [-0.39, 0.29) is 6.04 Å². The van der Waals surface area contributed by atoms with Gasteiger partial charge in [0.1, 0.15) is 0 Å². The first-order valence-corrected chi connectivity index (χ1v) is 4.18. The van der Waals surface area contributed by atoms with Crippen molar-refractivity contribution in [2.24, 2.45) is 11.7 Å². The molecule has 1 fully saturated rings. The highest BCUT2D eigenvalue weighted by molar-refractivity contribution is 7.05. The summed E-state index contributed by atoms with van der Waals surface area (Å²) in [6.45, 7) is 0. The molecular weight excluding hydrogens is 146 g/mol. The summed E-state index contributed by atoms with van der Waals surface area (Å²) in [5, 5.41) is 3.74. The molecule has 1 aliphatic rings. The summed E-state index contributed by atoms with van der Waals surface area (Å²) in [6, 6.07) is 0.208. The van der Waals surface area contributed by atoms with Crippen LogP contribution in [0, 0.1) is 5.92 Å². The van der Waals surface area contributed by atoms with Crippen LogP contribution in [0.1, 0.15) is 23.8 Å². The number of nitrogens with two attached hydrogens (primary N) is 1. The fourth-order valence-corrected chi connectivity index (χ4v) is 1.61. The summed E-state index contributed by atoms with van der Waals surface area (Å²) in [7, 11) is 0. The SMILES string of the molecule is NC(c1cnns1)C1CC1. The van der Waals surface area contributed by atoms with Gasteiger partial charge in [-0.15, -0.1) is 5.10 Å². The number of aromatic nitrogens is 2. The normalized spacial score (nSPS) is 20.9. The molecule has 0 aromatic carbocycles. The monoisotopic (exact) mass is 155 g/mol. The Morgan fingerprint density at radius 1 is 1.70 bits per heavy atom. The molecule has 54 valence electrons. The van der Waals surface area contributed by atoms with Gasteiger partial charge in [-0.2, -0.15) is 0 Å². The minimum Gasteiger partial charge on any atom is -0.323 e. The summed E-state index contributed by atoms with van der Waals surface area (Å²) < 4.78 is 3.77. The molecular formula is C6H9N3S. The molecule has 0 amide bonds. The molecule has 3 nitrogen and oxygen atoms in total. The first-order valence-electron chi connectivity index (χ1n) is 3.41. The Hall–Kier alpha value is -0.480. The van der Waals surface area contributed by atoms with E-state index in [0.717, 1.165) is 4.88 Å². The lowest BCUT2D eigenvalue weighted by atomic mass is 10.2. The molecule has 0 spiro atoms. The van der Waals surface area contributed by atoms with Crippen LogP contribution in [0.25, 0.3) is 0 Å². The van der Waals surface area contributed by atoms with E-state index < -0.39 is 0 Å². The molecule has 1 aromatic heterocycles. The summed E-state index contributed by atoms with van der Waals surface area (Å²) in [4.78, 5) is 1.13. The average molecular weight is 155 g/mol. The van der Waals surface area contributed by atoms with Gasteiger partial charge in [0.2, 0.25) is 0 Å². The van der Waals surface area contributed by atoms with Crippen LogP contribution in [0.5, 0.6) is 0 Å². The Kier molecular flexibility index (Phi) is 1.43. The first kappa shape index (κ1) is 6.24. The average Bonchev–Trinajstić information content (AvgIpc) is 2.65. The molecule has 0 bridgehead atoms. The van der Waals surface area contributed by atoms with E-state index in [9.17, 15) is 0 Å². The molecule has 2 N–H and O–H groups in total. The third kappa shape index (κ3) is 1.04. The quantitative estimate of drug-likeness (QED) is 0.691. The van der Waals surface area contributed by atoms with Crippen molar-refractivity contribution in [2.45, 2.75) is 18.9 Å². The fraction of sp³-hybridized carbons (Fsp3) is 0.667. The number of hydrogen-bond acceptors (Lipinski definition) is 4.